The van der Waals surface area contributed by atoms with Crippen molar-refractivity contribution >= 4 is 11.9 Å². The smallest absolute Gasteiger partial charge is 0.320 e. The van der Waals surface area contributed by atoms with Gasteiger partial charge in [0.25, 0.3) is 0 Å². The summed E-state index contributed by atoms with van der Waals surface area (Å²) >= 11 is 0. The Morgan fingerprint density at radius 2 is 1.96 bits per heavy atom. The molecule has 1 aromatic carbocycles. The Balaban J connectivity index is 1.99. The van der Waals surface area contributed by atoms with Gasteiger partial charge in [-0.2, -0.15) is 0 Å². The number of carbonyl (C=O) groups is 2. The third-order valence-corrected chi connectivity index (χ3v) is 4.31. The van der Waals surface area contributed by atoms with Gasteiger partial charge in [-0.1, -0.05) is 43.7 Å². The molecule has 0 heterocycles. The van der Waals surface area contributed by atoms with Gasteiger partial charge < -0.3 is 10.4 Å². The quantitative estimate of drug-likeness (QED) is 0.734. The minimum atomic E-state index is -0.877. The third-order valence-electron chi connectivity index (χ3n) is 4.31. The van der Waals surface area contributed by atoms with Crippen LogP contribution < -0.4 is 5.32 Å². The van der Waals surface area contributed by atoms with E-state index in [1.165, 1.54) is 0 Å². The van der Waals surface area contributed by atoms with Crippen molar-refractivity contribution in [2.24, 2.45) is 0 Å². The molecule has 0 spiro atoms. The van der Waals surface area contributed by atoms with Gasteiger partial charge in [-0.3, -0.25) is 14.5 Å². The zero-order chi connectivity index (χ0) is 16.8. The van der Waals surface area contributed by atoms with Crippen molar-refractivity contribution in [3.05, 3.63) is 35.9 Å². The summed E-state index contributed by atoms with van der Waals surface area (Å²) in [4.78, 5) is 25.5. The molecule has 2 rings (SSSR count). The zero-order valence-corrected chi connectivity index (χ0v) is 13.9. The molecule has 126 valence electrons. The molecule has 0 bridgehead atoms. The maximum atomic E-state index is 12.4. The Bertz CT molecular complexity index is 528. The molecule has 1 amide bonds. The summed E-state index contributed by atoms with van der Waals surface area (Å²) in [5.41, 5.74) is 1.09. The molecule has 2 unspecified atom stereocenters. The summed E-state index contributed by atoms with van der Waals surface area (Å²) in [5, 5.41) is 12.3. The van der Waals surface area contributed by atoms with Crippen LogP contribution in [0, 0.1) is 0 Å². The van der Waals surface area contributed by atoms with Crippen LogP contribution in [0.15, 0.2) is 30.3 Å². The number of rotatable bonds is 9. The van der Waals surface area contributed by atoms with E-state index in [1.807, 2.05) is 30.3 Å². The summed E-state index contributed by atoms with van der Waals surface area (Å²) in [6.07, 6.45) is 3.79. The zero-order valence-electron chi connectivity index (χ0n) is 13.9. The van der Waals surface area contributed by atoms with Gasteiger partial charge in [0.15, 0.2) is 0 Å². The molecule has 0 aromatic heterocycles. The summed E-state index contributed by atoms with van der Waals surface area (Å²) in [6, 6.07) is 9.49. The second kappa shape index (κ2) is 8.11. The van der Waals surface area contributed by atoms with Crippen LogP contribution in [-0.2, 0) is 9.59 Å². The van der Waals surface area contributed by atoms with Crippen molar-refractivity contribution in [1.82, 2.24) is 10.2 Å². The van der Waals surface area contributed by atoms with Crippen LogP contribution >= 0.6 is 0 Å². The molecule has 1 saturated carbocycles. The first-order valence-electron chi connectivity index (χ1n) is 8.35. The molecule has 0 aliphatic heterocycles. The van der Waals surface area contributed by atoms with Crippen LogP contribution in [-0.4, -0.2) is 40.5 Å². The topological polar surface area (TPSA) is 69.6 Å². The Morgan fingerprint density at radius 3 is 2.48 bits per heavy atom. The normalized spacial score (nSPS) is 16.8. The first-order chi connectivity index (χ1) is 11.0. The number of carboxylic acid groups (broad SMARTS) is 1. The molecule has 2 atom stereocenters. The van der Waals surface area contributed by atoms with E-state index in [1.54, 1.807) is 11.8 Å². The van der Waals surface area contributed by atoms with Gasteiger partial charge in [0, 0.05) is 6.04 Å². The molecule has 1 fully saturated rings. The van der Waals surface area contributed by atoms with Crippen LogP contribution in [0.25, 0.3) is 0 Å². The van der Waals surface area contributed by atoms with Crippen LogP contribution in [0.1, 0.15) is 51.1 Å². The highest BCUT2D eigenvalue weighted by Crippen LogP contribution is 2.28. The number of nitrogens with zero attached hydrogens (tertiary/aromatic N) is 1. The van der Waals surface area contributed by atoms with E-state index in [4.69, 9.17) is 0 Å². The number of hydrogen-bond acceptors (Lipinski definition) is 3. The number of benzene rings is 1. The molecule has 1 aromatic rings. The lowest BCUT2D eigenvalue weighted by Gasteiger charge is -2.27. The van der Waals surface area contributed by atoms with E-state index in [-0.39, 0.29) is 24.5 Å². The number of carbonyl (C=O) groups excluding carboxylic acids is 1. The van der Waals surface area contributed by atoms with Crippen molar-refractivity contribution < 1.29 is 14.7 Å². The molecule has 1 aliphatic carbocycles. The van der Waals surface area contributed by atoms with Crippen molar-refractivity contribution in [3.8, 4) is 0 Å². The summed E-state index contributed by atoms with van der Waals surface area (Å²) in [6.45, 7) is 3.88. The van der Waals surface area contributed by atoms with Crippen LogP contribution in [0.5, 0.6) is 0 Å². The SMILES string of the molecule is CCCC(NC(=O)CN(C1CC1)C(C)C(=O)O)c1ccccc1. The molecule has 23 heavy (non-hydrogen) atoms. The third kappa shape index (κ3) is 5.06. The Kier molecular flexibility index (Phi) is 6.16. The van der Waals surface area contributed by atoms with Gasteiger partial charge in [0.2, 0.25) is 5.91 Å². The lowest BCUT2D eigenvalue weighted by Crippen LogP contribution is -2.47. The summed E-state index contributed by atoms with van der Waals surface area (Å²) in [7, 11) is 0. The maximum Gasteiger partial charge on any atom is 0.320 e. The van der Waals surface area contributed by atoms with E-state index >= 15 is 0 Å². The van der Waals surface area contributed by atoms with Crippen molar-refractivity contribution in [1.29, 1.82) is 0 Å². The second-order valence-corrected chi connectivity index (χ2v) is 6.24. The highest BCUT2D eigenvalue weighted by Gasteiger charge is 2.36. The fourth-order valence-electron chi connectivity index (χ4n) is 2.83. The largest absolute Gasteiger partial charge is 0.480 e. The first kappa shape index (κ1) is 17.5. The molecular weight excluding hydrogens is 292 g/mol. The predicted molar refractivity (Wildman–Crippen MR) is 89.1 cm³/mol. The Morgan fingerprint density at radius 1 is 1.30 bits per heavy atom. The Hall–Kier alpha value is -1.88. The molecule has 1 aliphatic rings. The van der Waals surface area contributed by atoms with Gasteiger partial charge in [-0.25, -0.2) is 0 Å². The van der Waals surface area contributed by atoms with Crippen LogP contribution in [0.3, 0.4) is 0 Å². The second-order valence-electron chi connectivity index (χ2n) is 6.24. The van der Waals surface area contributed by atoms with E-state index in [2.05, 4.69) is 12.2 Å². The van der Waals surface area contributed by atoms with Gasteiger partial charge >= 0.3 is 5.97 Å². The van der Waals surface area contributed by atoms with Crippen LogP contribution in [0.2, 0.25) is 0 Å². The fourth-order valence-corrected chi connectivity index (χ4v) is 2.83. The molecular formula is C18H26N2O3. The number of aliphatic carboxylic acids is 1. The first-order valence-corrected chi connectivity index (χ1v) is 8.35. The predicted octanol–water partition coefficient (Wildman–Crippen LogP) is 2.58. The number of amides is 1. The number of hydrogen-bond donors (Lipinski definition) is 2. The standard InChI is InChI=1S/C18H26N2O3/c1-3-7-16(14-8-5-4-6-9-14)19-17(21)12-20(15-10-11-15)13(2)18(22)23/h4-6,8-9,13,15-16H,3,7,10-12H2,1-2H3,(H,19,21)(H,22,23). The lowest BCUT2D eigenvalue weighted by molar-refractivity contribution is -0.143. The minimum Gasteiger partial charge on any atom is -0.480 e. The van der Waals surface area contributed by atoms with E-state index in [0.717, 1.165) is 31.2 Å². The summed E-state index contributed by atoms with van der Waals surface area (Å²) in [5.74, 6) is -0.981. The molecule has 2 N–H and O–H groups in total. The highest BCUT2D eigenvalue weighted by molar-refractivity contribution is 5.80. The fraction of sp³-hybridized carbons (Fsp3) is 0.556. The average Bonchev–Trinajstić information content (AvgIpc) is 3.37. The van der Waals surface area contributed by atoms with E-state index in [0.29, 0.717) is 0 Å². The number of carboxylic acids is 1. The van der Waals surface area contributed by atoms with Crippen molar-refractivity contribution in [3.63, 3.8) is 0 Å². The molecule has 5 heteroatoms. The summed E-state index contributed by atoms with van der Waals surface area (Å²) < 4.78 is 0. The van der Waals surface area contributed by atoms with E-state index < -0.39 is 12.0 Å². The average molecular weight is 318 g/mol. The minimum absolute atomic E-state index is 0.0186. The molecule has 0 radical (unpaired) electrons. The van der Waals surface area contributed by atoms with Gasteiger partial charge in [-0.05, 0) is 31.7 Å². The van der Waals surface area contributed by atoms with Gasteiger partial charge in [0.05, 0.1) is 12.6 Å². The Labute approximate surface area is 137 Å². The highest BCUT2D eigenvalue weighted by atomic mass is 16.4. The number of nitrogens with one attached hydrogen (secondary N) is 1. The van der Waals surface area contributed by atoms with Gasteiger partial charge in [0.1, 0.15) is 6.04 Å². The maximum absolute atomic E-state index is 12.4. The van der Waals surface area contributed by atoms with Crippen molar-refractivity contribution in [2.45, 2.75) is 57.7 Å². The monoisotopic (exact) mass is 318 g/mol. The molecule has 0 saturated heterocycles. The lowest BCUT2D eigenvalue weighted by atomic mass is 10.0. The molecule has 5 nitrogen and oxygen atoms in total. The van der Waals surface area contributed by atoms with Crippen LogP contribution in [0.4, 0.5) is 0 Å². The van der Waals surface area contributed by atoms with Crippen molar-refractivity contribution in [2.75, 3.05) is 6.54 Å². The van der Waals surface area contributed by atoms with E-state index in [9.17, 15) is 14.7 Å². The van der Waals surface area contributed by atoms with Gasteiger partial charge in [-0.15, -0.1) is 0 Å².